The van der Waals surface area contributed by atoms with E-state index in [0.717, 1.165) is 22.0 Å². The van der Waals surface area contributed by atoms with Crippen LogP contribution in [-0.4, -0.2) is 16.7 Å². The summed E-state index contributed by atoms with van der Waals surface area (Å²) in [6.07, 6.45) is 3.73. The topological polar surface area (TPSA) is 50.8 Å². The van der Waals surface area contributed by atoms with E-state index in [1.807, 2.05) is 35.8 Å². The molecule has 0 aliphatic heterocycles. The second-order valence-corrected chi connectivity index (χ2v) is 5.44. The molecule has 104 valence electrons. The summed E-state index contributed by atoms with van der Waals surface area (Å²) in [5.41, 5.74) is 1.59. The van der Waals surface area contributed by atoms with Gasteiger partial charge in [-0.05, 0) is 29.6 Å². The Hall–Kier alpha value is -2.58. The molecule has 0 N–H and O–H groups in total. The number of thiophene rings is 1. The largest absolute Gasteiger partial charge is 0.496 e. The molecule has 0 bridgehead atoms. The Morgan fingerprint density at radius 2 is 2.29 bits per heavy atom. The zero-order valence-corrected chi connectivity index (χ0v) is 12.3. The van der Waals surface area contributed by atoms with E-state index >= 15 is 0 Å². The highest BCUT2D eigenvalue weighted by Crippen LogP contribution is 2.26. The van der Waals surface area contributed by atoms with Crippen molar-refractivity contribution in [3.05, 3.63) is 59.2 Å². The van der Waals surface area contributed by atoms with Gasteiger partial charge < -0.3 is 9.30 Å². The molecule has 1 aromatic carbocycles. The van der Waals surface area contributed by atoms with Gasteiger partial charge in [-0.3, -0.25) is 0 Å². The van der Waals surface area contributed by atoms with Crippen molar-refractivity contribution in [2.75, 3.05) is 7.11 Å². The second kappa shape index (κ2) is 5.81. The van der Waals surface area contributed by atoms with Gasteiger partial charge >= 0.3 is 0 Å². The molecular weight excluding hydrogens is 282 g/mol. The number of rotatable bonds is 4. The molecule has 0 saturated heterocycles. The first-order valence-electron chi connectivity index (χ1n) is 6.44. The minimum absolute atomic E-state index is 0.617. The van der Waals surface area contributed by atoms with Crippen LogP contribution in [0, 0.1) is 11.3 Å². The van der Waals surface area contributed by atoms with E-state index < -0.39 is 0 Å². The quantitative estimate of drug-likeness (QED) is 0.739. The number of ether oxygens (including phenoxy) is 1. The number of benzene rings is 1. The lowest BCUT2D eigenvalue weighted by atomic mass is 10.1. The Balaban J connectivity index is 1.98. The van der Waals surface area contributed by atoms with Crippen LogP contribution in [0.4, 0.5) is 0 Å². The smallest absolute Gasteiger partial charge is 0.150 e. The lowest BCUT2D eigenvalue weighted by Gasteiger charge is -2.11. The molecule has 2 aromatic heterocycles. The number of hydrogen-bond donors (Lipinski definition) is 0. The maximum atomic E-state index is 9.05. The van der Waals surface area contributed by atoms with Gasteiger partial charge in [0, 0.05) is 18.0 Å². The van der Waals surface area contributed by atoms with Crippen molar-refractivity contribution >= 4 is 11.3 Å². The normalized spacial score (nSPS) is 10.3. The Bertz CT molecular complexity index is 784. The van der Waals surface area contributed by atoms with Gasteiger partial charge in [0.25, 0.3) is 0 Å². The fraction of sp³-hybridized carbons (Fsp3) is 0.125. The van der Waals surface area contributed by atoms with E-state index in [1.54, 1.807) is 30.7 Å². The Labute approximate surface area is 126 Å². The van der Waals surface area contributed by atoms with Gasteiger partial charge in [-0.1, -0.05) is 6.07 Å². The summed E-state index contributed by atoms with van der Waals surface area (Å²) in [4.78, 5) is 5.54. The molecule has 5 heteroatoms. The van der Waals surface area contributed by atoms with Crippen LogP contribution in [0.25, 0.3) is 10.7 Å². The molecule has 3 aromatic rings. The summed E-state index contributed by atoms with van der Waals surface area (Å²) in [5, 5.41) is 11.1. The second-order valence-electron chi connectivity index (χ2n) is 4.49. The zero-order chi connectivity index (χ0) is 14.7. The van der Waals surface area contributed by atoms with Crippen molar-refractivity contribution in [2.45, 2.75) is 6.54 Å². The number of nitriles is 1. The molecule has 0 radical (unpaired) electrons. The minimum Gasteiger partial charge on any atom is -0.496 e. The standard InChI is InChI=1S/C16H13N3OS/c1-20-14-5-4-12(10-17)9-13(14)11-19-7-6-18-16(19)15-3-2-8-21-15/h2-9H,11H2,1H3. The number of methoxy groups -OCH3 is 1. The molecule has 2 heterocycles. The van der Waals surface area contributed by atoms with Gasteiger partial charge in [-0.2, -0.15) is 5.26 Å². The van der Waals surface area contributed by atoms with Crippen molar-refractivity contribution in [3.63, 3.8) is 0 Å². The number of nitrogens with zero attached hydrogens (tertiary/aromatic N) is 3. The molecule has 0 amide bonds. The third kappa shape index (κ3) is 2.67. The molecular formula is C16H13N3OS. The first-order chi connectivity index (χ1) is 10.3. The summed E-state index contributed by atoms with van der Waals surface area (Å²) < 4.78 is 7.44. The molecule has 0 spiro atoms. The first kappa shape index (κ1) is 13.4. The average molecular weight is 295 g/mol. The van der Waals surface area contributed by atoms with E-state index in [1.165, 1.54) is 0 Å². The lowest BCUT2D eigenvalue weighted by Crippen LogP contribution is -2.03. The van der Waals surface area contributed by atoms with Crippen LogP contribution in [0.2, 0.25) is 0 Å². The van der Waals surface area contributed by atoms with Crippen molar-refractivity contribution in [3.8, 4) is 22.5 Å². The summed E-state index contributed by atoms with van der Waals surface area (Å²) in [5.74, 6) is 1.70. The zero-order valence-electron chi connectivity index (χ0n) is 11.5. The Morgan fingerprint density at radius 1 is 1.38 bits per heavy atom. The molecule has 21 heavy (non-hydrogen) atoms. The predicted octanol–water partition coefficient (Wildman–Crippen LogP) is 3.54. The number of imidazole rings is 1. The van der Waals surface area contributed by atoms with Gasteiger partial charge in [-0.25, -0.2) is 4.98 Å². The van der Waals surface area contributed by atoms with Crippen LogP contribution in [0.3, 0.4) is 0 Å². The van der Waals surface area contributed by atoms with Crippen molar-refractivity contribution < 1.29 is 4.74 Å². The molecule has 0 aliphatic carbocycles. The van der Waals surface area contributed by atoms with Crippen LogP contribution >= 0.6 is 11.3 Å². The van der Waals surface area contributed by atoms with E-state index in [0.29, 0.717) is 12.1 Å². The third-order valence-electron chi connectivity index (χ3n) is 3.21. The lowest BCUT2D eigenvalue weighted by molar-refractivity contribution is 0.408. The summed E-state index contributed by atoms with van der Waals surface area (Å²) in [6, 6.07) is 11.7. The predicted molar refractivity (Wildman–Crippen MR) is 82.4 cm³/mol. The fourth-order valence-corrected chi connectivity index (χ4v) is 2.96. The molecule has 3 rings (SSSR count). The van der Waals surface area contributed by atoms with Crippen molar-refractivity contribution in [1.82, 2.24) is 9.55 Å². The van der Waals surface area contributed by atoms with E-state index in [9.17, 15) is 0 Å². The van der Waals surface area contributed by atoms with Crippen LogP contribution in [0.5, 0.6) is 5.75 Å². The van der Waals surface area contributed by atoms with Crippen molar-refractivity contribution in [1.29, 1.82) is 5.26 Å². The van der Waals surface area contributed by atoms with Crippen LogP contribution in [0.1, 0.15) is 11.1 Å². The highest BCUT2D eigenvalue weighted by molar-refractivity contribution is 7.13. The molecule has 0 fully saturated rings. The van der Waals surface area contributed by atoms with E-state index in [2.05, 4.69) is 15.6 Å². The summed E-state index contributed by atoms with van der Waals surface area (Å²) in [7, 11) is 1.64. The fourth-order valence-electron chi connectivity index (χ4n) is 2.22. The number of hydrogen-bond acceptors (Lipinski definition) is 4. The highest BCUT2D eigenvalue weighted by atomic mass is 32.1. The molecule has 0 atom stereocenters. The maximum absolute atomic E-state index is 9.05. The van der Waals surface area contributed by atoms with Crippen molar-refractivity contribution in [2.24, 2.45) is 0 Å². The van der Waals surface area contributed by atoms with Gasteiger partial charge in [-0.15, -0.1) is 11.3 Å². The van der Waals surface area contributed by atoms with Gasteiger partial charge in [0.05, 0.1) is 30.2 Å². The number of aromatic nitrogens is 2. The molecule has 0 aliphatic rings. The molecule has 0 unspecified atom stereocenters. The molecule has 0 saturated carbocycles. The van der Waals surface area contributed by atoms with E-state index in [-0.39, 0.29) is 0 Å². The van der Waals surface area contributed by atoms with Crippen LogP contribution in [-0.2, 0) is 6.54 Å². The average Bonchev–Trinajstić information content (AvgIpc) is 3.17. The molecule has 4 nitrogen and oxygen atoms in total. The summed E-state index contributed by atoms with van der Waals surface area (Å²) >= 11 is 1.66. The van der Waals surface area contributed by atoms with Gasteiger partial charge in [0.1, 0.15) is 11.6 Å². The van der Waals surface area contributed by atoms with E-state index in [4.69, 9.17) is 10.00 Å². The first-order valence-corrected chi connectivity index (χ1v) is 7.32. The Morgan fingerprint density at radius 3 is 3.00 bits per heavy atom. The van der Waals surface area contributed by atoms with Gasteiger partial charge in [0.15, 0.2) is 0 Å². The summed E-state index contributed by atoms with van der Waals surface area (Å²) in [6.45, 7) is 0.617. The third-order valence-corrected chi connectivity index (χ3v) is 4.07. The maximum Gasteiger partial charge on any atom is 0.150 e. The SMILES string of the molecule is COc1ccc(C#N)cc1Cn1ccnc1-c1cccs1. The minimum atomic E-state index is 0.617. The highest BCUT2D eigenvalue weighted by Gasteiger charge is 2.10. The van der Waals surface area contributed by atoms with Gasteiger partial charge in [0.2, 0.25) is 0 Å². The Kier molecular flexibility index (Phi) is 3.71. The van der Waals surface area contributed by atoms with Crippen LogP contribution in [0.15, 0.2) is 48.1 Å². The van der Waals surface area contributed by atoms with Crippen LogP contribution < -0.4 is 4.74 Å². The monoisotopic (exact) mass is 295 g/mol.